The molecule has 0 heterocycles. The van der Waals surface area contributed by atoms with Gasteiger partial charge in [-0.25, -0.2) is 0 Å². The standard InChI is InChI=1S/C27H40NO2P.C5H10.2CH3.Fe/c1-17-13-22(14-18(2)26(17)29-8)31(23-15-19(3)27(30-9)20(4)16-23)25-12-10-11-24(25)21(5)28(6)7;1-2-4-5-3-1;;;/h13-16,21,24-25H,10-12H2,1-9H3;1-5H2;2*1H3;/q;;2*-1;+2/t21-,24?,25?;;;;/m0..../s1. The Morgan fingerprint density at radius 2 is 1.05 bits per heavy atom. The SMILES string of the molecule is C1CCCC1.COc1c(C)cc(P(c2cc(C)c(OC)c(C)c2)C2CCCC2[C@H](C)N(C)C)cc1C.[CH3-].[CH3-].[Fe+2]. The molecule has 0 radical (unpaired) electrons. The van der Waals surface area contributed by atoms with Gasteiger partial charge in [0.2, 0.25) is 0 Å². The summed E-state index contributed by atoms with van der Waals surface area (Å²) in [6, 6.07) is 10.1. The van der Waals surface area contributed by atoms with Gasteiger partial charge in [0.05, 0.1) is 14.2 Å². The molecule has 2 aromatic carbocycles. The number of methoxy groups -OCH3 is 2. The third-order valence-electron chi connectivity index (χ3n) is 8.40. The largest absolute Gasteiger partial charge is 2.00 e. The fourth-order valence-electron chi connectivity index (χ4n) is 6.43. The summed E-state index contributed by atoms with van der Waals surface area (Å²) in [5.74, 6) is 2.75. The molecule has 0 aliphatic heterocycles. The second kappa shape index (κ2) is 17.7. The molecule has 0 aromatic heterocycles. The maximum absolute atomic E-state index is 5.69. The van der Waals surface area contributed by atoms with Crippen LogP contribution in [0.25, 0.3) is 0 Å². The van der Waals surface area contributed by atoms with E-state index < -0.39 is 7.92 Å². The summed E-state index contributed by atoms with van der Waals surface area (Å²) in [5.41, 5.74) is 5.64. The van der Waals surface area contributed by atoms with Crippen LogP contribution in [0.3, 0.4) is 0 Å². The van der Waals surface area contributed by atoms with Crippen LogP contribution in [0.1, 0.15) is 80.5 Å². The zero-order valence-electron chi connectivity index (χ0n) is 26.8. The molecule has 222 valence electrons. The van der Waals surface area contributed by atoms with E-state index in [4.69, 9.17) is 9.47 Å². The Labute approximate surface area is 254 Å². The average molecular weight is 598 g/mol. The summed E-state index contributed by atoms with van der Waals surface area (Å²) in [7, 11) is 7.52. The first-order valence-electron chi connectivity index (χ1n) is 14.0. The van der Waals surface area contributed by atoms with Crippen LogP contribution in [0.4, 0.5) is 0 Å². The van der Waals surface area contributed by atoms with Gasteiger partial charge < -0.3 is 29.2 Å². The van der Waals surface area contributed by atoms with Crippen LogP contribution < -0.4 is 20.1 Å². The number of hydrogen-bond acceptors (Lipinski definition) is 3. The topological polar surface area (TPSA) is 21.7 Å². The predicted molar refractivity (Wildman–Crippen MR) is 171 cm³/mol. The minimum absolute atomic E-state index is 0. The van der Waals surface area contributed by atoms with E-state index in [9.17, 15) is 0 Å². The minimum atomic E-state index is -0.486. The molecule has 2 aliphatic rings. The van der Waals surface area contributed by atoms with Crippen LogP contribution in [-0.4, -0.2) is 44.9 Å². The molecule has 2 fully saturated rings. The van der Waals surface area contributed by atoms with Gasteiger partial charge >= 0.3 is 17.1 Å². The molecule has 2 unspecified atom stereocenters. The Kier molecular flexibility index (Phi) is 17.2. The zero-order chi connectivity index (χ0) is 26.4. The van der Waals surface area contributed by atoms with E-state index in [2.05, 4.69) is 77.9 Å². The van der Waals surface area contributed by atoms with E-state index in [1.807, 2.05) is 0 Å². The second-order valence-corrected chi connectivity index (χ2v) is 13.7. The van der Waals surface area contributed by atoms with Crippen LogP contribution in [0, 0.1) is 48.5 Å². The van der Waals surface area contributed by atoms with Crippen molar-refractivity contribution in [3.8, 4) is 11.5 Å². The van der Waals surface area contributed by atoms with E-state index in [0.29, 0.717) is 17.6 Å². The molecule has 0 bridgehead atoms. The van der Waals surface area contributed by atoms with Crippen molar-refractivity contribution >= 4 is 18.5 Å². The molecule has 0 N–H and O–H groups in total. The van der Waals surface area contributed by atoms with E-state index in [0.717, 1.165) is 11.5 Å². The van der Waals surface area contributed by atoms with Gasteiger partial charge in [-0.2, -0.15) is 0 Å². The summed E-state index contributed by atoms with van der Waals surface area (Å²) in [6.07, 6.45) is 11.5. The van der Waals surface area contributed by atoms with E-state index >= 15 is 0 Å². The predicted octanol–water partition coefficient (Wildman–Crippen LogP) is 8.34. The van der Waals surface area contributed by atoms with Crippen LogP contribution >= 0.6 is 7.92 Å². The van der Waals surface area contributed by atoms with Gasteiger partial charge in [-0.15, -0.1) is 0 Å². The molecule has 5 heteroatoms. The summed E-state index contributed by atoms with van der Waals surface area (Å²) < 4.78 is 11.4. The van der Waals surface area contributed by atoms with Gasteiger partial charge in [-0.1, -0.05) is 38.5 Å². The second-order valence-electron chi connectivity index (χ2n) is 11.2. The molecule has 39 heavy (non-hydrogen) atoms. The smallest absolute Gasteiger partial charge is 0.496 e. The Balaban J connectivity index is 0.00000162. The van der Waals surface area contributed by atoms with E-state index in [1.54, 1.807) is 14.2 Å². The maximum Gasteiger partial charge on any atom is 2.00 e. The molecule has 0 spiro atoms. The van der Waals surface area contributed by atoms with Gasteiger partial charge in [-0.05, 0) is 138 Å². The van der Waals surface area contributed by atoms with Gasteiger partial charge in [0, 0.05) is 6.04 Å². The average Bonchev–Trinajstić information content (AvgIpc) is 3.54. The first kappa shape index (κ1) is 37.9. The van der Waals surface area contributed by atoms with Crippen LogP contribution in [-0.2, 0) is 17.1 Å². The van der Waals surface area contributed by atoms with Crippen LogP contribution in [0.15, 0.2) is 24.3 Å². The van der Waals surface area contributed by atoms with Crippen molar-refractivity contribution in [2.24, 2.45) is 5.92 Å². The monoisotopic (exact) mass is 597 g/mol. The van der Waals surface area contributed by atoms with Crippen LogP contribution in [0.2, 0.25) is 0 Å². The van der Waals surface area contributed by atoms with E-state index in [1.165, 1.54) is 84.2 Å². The van der Waals surface area contributed by atoms with Gasteiger partial charge in [0.1, 0.15) is 11.5 Å². The molecule has 2 saturated carbocycles. The number of rotatable bonds is 7. The Bertz CT molecular complexity index is 892. The quantitative estimate of drug-likeness (QED) is 0.182. The molecular weight excluding hydrogens is 541 g/mol. The number of aryl methyl sites for hydroxylation is 4. The van der Waals surface area contributed by atoms with Gasteiger partial charge in [0.15, 0.2) is 0 Å². The first-order valence-corrected chi connectivity index (χ1v) is 15.4. The Morgan fingerprint density at radius 3 is 1.36 bits per heavy atom. The molecular formula is C34H56FeNO2P. The first-order chi connectivity index (χ1) is 17.2. The number of hydrogen-bond donors (Lipinski definition) is 0. The summed E-state index contributed by atoms with van der Waals surface area (Å²) in [5, 5.41) is 2.97. The Morgan fingerprint density at radius 1 is 0.692 bits per heavy atom. The molecule has 2 aromatic rings. The van der Waals surface area contributed by atoms with Gasteiger partial charge in [-0.3, -0.25) is 0 Å². The number of nitrogens with zero attached hydrogens (tertiary/aromatic N) is 1. The van der Waals surface area contributed by atoms with Crippen molar-refractivity contribution in [2.75, 3.05) is 28.3 Å². The number of ether oxygens (including phenoxy) is 2. The normalized spacial score (nSPS) is 18.8. The summed E-state index contributed by atoms with van der Waals surface area (Å²) >= 11 is 0. The maximum atomic E-state index is 5.69. The Hall–Kier alpha value is -1.05. The molecule has 3 atom stereocenters. The molecule has 2 aliphatic carbocycles. The van der Waals surface area contributed by atoms with Crippen molar-refractivity contribution in [3.05, 3.63) is 61.4 Å². The summed E-state index contributed by atoms with van der Waals surface area (Å²) in [6.45, 7) is 11.1. The third-order valence-corrected chi connectivity index (χ3v) is 11.3. The molecule has 0 saturated heterocycles. The fraction of sp³-hybridized carbons (Fsp3) is 0.588. The van der Waals surface area contributed by atoms with Crippen molar-refractivity contribution in [2.45, 2.75) is 97.7 Å². The zero-order valence-corrected chi connectivity index (χ0v) is 28.8. The van der Waals surface area contributed by atoms with Gasteiger partial charge in [0.25, 0.3) is 0 Å². The van der Waals surface area contributed by atoms with Crippen LogP contribution in [0.5, 0.6) is 11.5 Å². The summed E-state index contributed by atoms with van der Waals surface area (Å²) in [4.78, 5) is 2.41. The molecule has 0 amide bonds. The minimum Gasteiger partial charge on any atom is -0.496 e. The molecule has 3 nitrogen and oxygen atoms in total. The van der Waals surface area contributed by atoms with Crippen molar-refractivity contribution < 1.29 is 26.5 Å². The van der Waals surface area contributed by atoms with Crippen molar-refractivity contribution in [3.63, 3.8) is 0 Å². The molecule has 4 rings (SSSR count). The third kappa shape index (κ3) is 9.22. The van der Waals surface area contributed by atoms with Crippen molar-refractivity contribution in [1.29, 1.82) is 0 Å². The van der Waals surface area contributed by atoms with Crippen molar-refractivity contribution in [1.82, 2.24) is 4.90 Å². The van der Waals surface area contributed by atoms with E-state index in [-0.39, 0.29) is 31.9 Å². The fourth-order valence-corrected chi connectivity index (χ4v) is 10.0. The number of benzene rings is 2.